The summed E-state index contributed by atoms with van der Waals surface area (Å²) < 4.78 is 5.68. The number of fused-ring (bicyclic) bond motifs is 1. The summed E-state index contributed by atoms with van der Waals surface area (Å²) in [7, 11) is 3.15. The van der Waals surface area contributed by atoms with Crippen molar-refractivity contribution in [3.05, 3.63) is 16.0 Å². The van der Waals surface area contributed by atoms with Crippen LogP contribution < -0.4 is 10.6 Å². The van der Waals surface area contributed by atoms with Crippen molar-refractivity contribution in [1.82, 2.24) is 10.2 Å². The van der Waals surface area contributed by atoms with Crippen molar-refractivity contribution in [2.24, 2.45) is 0 Å². The number of rotatable bonds is 6. The molecule has 1 aliphatic rings. The number of carbonyl (C=O) groups is 2. The molecule has 0 aliphatic heterocycles. The number of amides is 1. The molecule has 2 heterocycles. The number of carbonyl (C=O) groups excluding carboxylic acids is 2. The van der Waals surface area contributed by atoms with Gasteiger partial charge in [-0.25, -0.2) is 4.79 Å². The van der Waals surface area contributed by atoms with Crippen LogP contribution in [0.15, 0.2) is 4.34 Å². The van der Waals surface area contributed by atoms with Gasteiger partial charge in [-0.05, 0) is 31.2 Å². The van der Waals surface area contributed by atoms with Gasteiger partial charge in [-0.3, -0.25) is 4.79 Å². The van der Waals surface area contributed by atoms with Crippen LogP contribution in [0.25, 0.3) is 0 Å². The molecule has 0 saturated carbocycles. The fraction of sp³-hybridized carbons (Fsp3) is 0.500. The molecule has 0 saturated heterocycles. The highest BCUT2D eigenvalue weighted by Crippen LogP contribution is 2.38. The number of anilines is 2. The predicted octanol–water partition coefficient (Wildman–Crippen LogP) is 3.43. The predicted molar refractivity (Wildman–Crippen MR) is 106 cm³/mol. The first-order valence-corrected chi connectivity index (χ1v) is 10.9. The maximum atomic E-state index is 12.4. The number of aromatic nitrogens is 2. The molecule has 140 valence electrons. The van der Waals surface area contributed by atoms with E-state index in [9.17, 15) is 9.59 Å². The van der Waals surface area contributed by atoms with E-state index in [0.717, 1.165) is 42.0 Å². The van der Waals surface area contributed by atoms with Crippen LogP contribution in [-0.2, 0) is 22.4 Å². The Labute approximate surface area is 163 Å². The van der Waals surface area contributed by atoms with Crippen LogP contribution in [0.4, 0.5) is 10.1 Å². The van der Waals surface area contributed by atoms with Gasteiger partial charge in [-0.1, -0.05) is 29.5 Å². The van der Waals surface area contributed by atoms with Crippen LogP contribution in [0.3, 0.4) is 0 Å². The van der Waals surface area contributed by atoms with Crippen molar-refractivity contribution in [1.29, 1.82) is 0 Å². The third-order valence-electron chi connectivity index (χ3n) is 4.01. The molecule has 2 aromatic heterocycles. The van der Waals surface area contributed by atoms with Gasteiger partial charge in [0.05, 0.1) is 18.4 Å². The molecule has 0 radical (unpaired) electrons. The van der Waals surface area contributed by atoms with Gasteiger partial charge >= 0.3 is 5.97 Å². The molecular weight excluding hydrogens is 392 g/mol. The fourth-order valence-corrected chi connectivity index (χ4v) is 5.61. The smallest absolute Gasteiger partial charge is 0.341 e. The molecule has 0 aromatic carbocycles. The number of thiophene rings is 1. The van der Waals surface area contributed by atoms with Gasteiger partial charge in [-0.2, -0.15) is 0 Å². The summed E-state index contributed by atoms with van der Waals surface area (Å²) in [5.41, 5.74) is 1.58. The summed E-state index contributed by atoms with van der Waals surface area (Å²) in [6.45, 7) is 0. The number of thioether (sulfide) groups is 1. The first kappa shape index (κ1) is 19.1. The third-order valence-corrected chi connectivity index (χ3v) is 7.29. The summed E-state index contributed by atoms with van der Waals surface area (Å²) in [5.74, 6) is -0.338. The van der Waals surface area contributed by atoms with E-state index in [4.69, 9.17) is 4.74 Å². The van der Waals surface area contributed by atoms with Crippen LogP contribution in [-0.4, -0.2) is 42.0 Å². The van der Waals surface area contributed by atoms with Crippen molar-refractivity contribution >= 4 is 56.4 Å². The molecule has 1 amide bonds. The monoisotopic (exact) mass is 412 g/mol. The Hall–Kier alpha value is -1.65. The van der Waals surface area contributed by atoms with Crippen molar-refractivity contribution in [3.8, 4) is 0 Å². The Morgan fingerprint density at radius 1 is 1.19 bits per heavy atom. The first-order chi connectivity index (χ1) is 12.6. The lowest BCUT2D eigenvalue weighted by Crippen LogP contribution is -2.16. The molecular formula is C16H20N4O3S3. The molecule has 0 atom stereocenters. The van der Waals surface area contributed by atoms with Crippen molar-refractivity contribution < 1.29 is 14.3 Å². The Kier molecular flexibility index (Phi) is 6.49. The Balaban J connectivity index is 1.71. The zero-order valence-corrected chi connectivity index (χ0v) is 17.0. The maximum Gasteiger partial charge on any atom is 0.341 e. The number of hydrogen-bond donors (Lipinski definition) is 2. The molecule has 1 aliphatic carbocycles. The minimum atomic E-state index is -0.380. The van der Waals surface area contributed by atoms with Crippen LogP contribution >= 0.6 is 34.4 Å². The number of nitrogens with one attached hydrogen (secondary N) is 2. The largest absolute Gasteiger partial charge is 0.465 e. The lowest BCUT2D eigenvalue weighted by Gasteiger charge is -2.07. The number of hydrogen-bond acceptors (Lipinski definition) is 9. The Bertz CT molecular complexity index is 803. The van der Waals surface area contributed by atoms with Crippen LogP contribution in [0.2, 0.25) is 0 Å². The number of ether oxygens (including phenoxy) is 1. The number of methoxy groups -OCH3 is 1. The normalized spacial score (nSPS) is 13.6. The molecule has 2 aromatic rings. The molecule has 0 spiro atoms. The first-order valence-electron chi connectivity index (χ1n) is 8.29. The molecule has 3 rings (SSSR count). The van der Waals surface area contributed by atoms with Gasteiger partial charge in [0, 0.05) is 11.9 Å². The van der Waals surface area contributed by atoms with Gasteiger partial charge in [0.1, 0.15) is 5.00 Å². The highest BCUT2D eigenvalue weighted by atomic mass is 32.2. The molecule has 26 heavy (non-hydrogen) atoms. The SMILES string of the molecule is CNc1nnc(SCC(=O)Nc2sc3c(c2C(=O)OC)CCCCC3)s1. The van der Waals surface area contributed by atoms with E-state index in [1.54, 1.807) is 7.05 Å². The second kappa shape index (κ2) is 8.83. The van der Waals surface area contributed by atoms with E-state index in [1.165, 1.54) is 46.4 Å². The second-order valence-corrected chi connectivity index (χ2v) is 9.03. The topological polar surface area (TPSA) is 93.2 Å². The van der Waals surface area contributed by atoms with E-state index in [0.29, 0.717) is 15.7 Å². The molecule has 10 heteroatoms. The van der Waals surface area contributed by atoms with Crippen molar-refractivity contribution in [2.45, 2.75) is 36.4 Å². The summed E-state index contributed by atoms with van der Waals surface area (Å²) in [5, 5.41) is 15.1. The quantitative estimate of drug-likeness (QED) is 0.426. The minimum absolute atomic E-state index is 0.169. The molecule has 7 nitrogen and oxygen atoms in total. The van der Waals surface area contributed by atoms with E-state index in [1.807, 2.05) is 0 Å². The average molecular weight is 413 g/mol. The maximum absolute atomic E-state index is 12.4. The van der Waals surface area contributed by atoms with E-state index in [2.05, 4.69) is 20.8 Å². The van der Waals surface area contributed by atoms with E-state index in [-0.39, 0.29) is 17.6 Å². The van der Waals surface area contributed by atoms with Gasteiger partial charge in [0.2, 0.25) is 11.0 Å². The standard InChI is InChI=1S/C16H20N4O3S3/c1-17-15-19-20-16(26-15)24-8-11(21)18-13-12(14(22)23-2)9-6-4-3-5-7-10(9)25-13/h3-8H2,1-2H3,(H,17,19)(H,18,21). The average Bonchev–Trinajstić information content (AvgIpc) is 3.17. The number of esters is 1. The zero-order chi connectivity index (χ0) is 18.5. The Morgan fingerprint density at radius 3 is 2.73 bits per heavy atom. The fourth-order valence-electron chi connectivity index (χ4n) is 2.81. The molecule has 0 fully saturated rings. The highest BCUT2D eigenvalue weighted by molar-refractivity contribution is 8.01. The summed E-state index contributed by atoms with van der Waals surface area (Å²) in [6, 6.07) is 0. The summed E-state index contributed by atoms with van der Waals surface area (Å²) in [4.78, 5) is 25.8. The van der Waals surface area contributed by atoms with Gasteiger partial charge in [0.25, 0.3) is 0 Å². The van der Waals surface area contributed by atoms with Gasteiger partial charge in [-0.15, -0.1) is 21.5 Å². The van der Waals surface area contributed by atoms with Crippen molar-refractivity contribution in [3.63, 3.8) is 0 Å². The van der Waals surface area contributed by atoms with Gasteiger partial charge < -0.3 is 15.4 Å². The Morgan fingerprint density at radius 2 is 2.00 bits per heavy atom. The molecule has 0 bridgehead atoms. The van der Waals surface area contributed by atoms with Crippen molar-refractivity contribution in [2.75, 3.05) is 30.5 Å². The second-order valence-electron chi connectivity index (χ2n) is 5.72. The van der Waals surface area contributed by atoms with Crippen LogP contribution in [0, 0.1) is 0 Å². The van der Waals surface area contributed by atoms with E-state index < -0.39 is 0 Å². The third kappa shape index (κ3) is 4.36. The highest BCUT2D eigenvalue weighted by Gasteiger charge is 2.26. The number of nitrogens with zero attached hydrogens (tertiary/aromatic N) is 2. The lowest BCUT2D eigenvalue weighted by atomic mass is 10.1. The lowest BCUT2D eigenvalue weighted by molar-refractivity contribution is -0.113. The minimum Gasteiger partial charge on any atom is -0.465 e. The van der Waals surface area contributed by atoms with E-state index >= 15 is 0 Å². The van der Waals surface area contributed by atoms with Crippen LogP contribution in [0.1, 0.15) is 40.1 Å². The van der Waals surface area contributed by atoms with Crippen LogP contribution in [0.5, 0.6) is 0 Å². The number of aryl methyl sites for hydroxylation is 1. The van der Waals surface area contributed by atoms with Gasteiger partial charge in [0.15, 0.2) is 4.34 Å². The molecule has 0 unspecified atom stereocenters. The summed E-state index contributed by atoms with van der Waals surface area (Å²) >= 11 is 4.22. The zero-order valence-electron chi connectivity index (χ0n) is 14.6. The molecule has 2 N–H and O–H groups in total. The summed E-state index contributed by atoms with van der Waals surface area (Å²) in [6.07, 6.45) is 5.14.